The lowest BCUT2D eigenvalue weighted by Crippen LogP contribution is -2.34. The number of carbonyl (C=O) groups excluding carboxylic acids is 1. The van der Waals surface area contributed by atoms with Crippen molar-refractivity contribution in [1.29, 1.82) is 0 Å². The molecule has 10 nitrogen and oxygen atoms in total. The molecule has 0 bridgehead atoms. The third kappa shape index (κ3) is 43.6. The van der Waals surface area contributed by atoms with Crippen molar-refractivity contribution >= 4 is 19.8 Å². The number of carboxylic acids is 1. The maximum Gasteiger partial charge on any atom is 0.472 e. The van der Waals surface area contributed by atoms with E-state index < -0.39 is 45.1 Å². The highest BCUT2D eigenvalue weighted by atomic mass is 31.2. The predicted molar refractivity (Wildman–Crippen MR) is 244 cm³/mol. The number of phosphoric ester groups is 1. The number of rotatable bonds is 44. The smallest absolute Gasteiger partial charge is 0.472 e. The maximum absolute atomic E-state index is 12.7. The summed E-state index contributed by atoms with van der Waals surface area (Å²) < 4.78 is 33.4. The lowest BCUT2D eigenvalue weighted by Gasteiger charge is -2.20. The summed E-state index contributed by atoms with van der Waals surface area (Å²) in [6.07, 6.45) is 52.6. The molecule has 0 spiro atoms. The molecule has 0 amide bonds. The number of phosphoric acid groups is 1. The van der Waals surface area contributed by atoms with E-state index in [9.17, 15) is 19.0 Å². The molecule has 0 aromatic heterocycles. The van der Waals surface area contributed by atoms with E-state index in [-0.39, 0.29) is 13.0 Å². The van der Waals surface area contributed by atoms with Crippen LogP contribution in [-0.4, -0.2) is 60.5 Å². The average molecular weight is 852 g/mol. The van der Waals surface area contributed by atoms with Gasteiger partial charge in [-0.15, -0.1) is 0 Å². The number of esters is 1. The van der Waals surface area contributed by atoms with Gasteiger partial charge in [0.1, 0.15) is 12.1 Å². The van der Waals surface area contributed by atoms with Crippen molar-refractivity contribution in [2.45, 2.75) is 206 Å². The first-order chi connectivity index (χ1) is 28.7. The molecule has 0 radical (unpaired) electrons. The van der Waals surface area contributed by atoms with Crippen molar-refractivity contribution in [2.75, 3.05) is 26.4 Å². The van der Waals surface area contributed by atoms with Crippen LogP contribution >= 0.6 is 7.82 Å². The van der Waals surface area contributed by atoms with Crippen LogP contribution < -0.4 is 5.73 Å². The Bertz CT molecular complexity index is 1170. The Morgan fingerprint density at radius 2 is 0.932 bits per heavy atom. The molecule has 0 aliphatic rings. The normalized spacial score (nSPS) is 14.4. The van der Waals surface area contributed by atoms with Crippen LogP contribution in [0.4, 0.5) is 0 Å². The molecule has 3 unspecified atom stereocenters. The molecule has 0 heterocycles. The zero-order chi connectivity index (χ0) is 43.3. The van der Waals surface area contributed by atoms with Gasteiger partial charge in [0.15, 0.2) is 0 Å². The fourth-order valence-corrected chi connectivity index (χ4v) is 6.89. The Hall–Kier alpha value is -2.33. The van der Waals surface area contributed by atoms with Crippen LogP contribution in [0.2, 0.25) is 0 Å². The number of carboxylic acid groups (broad SMARTS) is 1. The minimum Gasteiger partial charge on any atom is -0.480 e. The highest BCUT2D eigenvalue weighted by Crippen LogP contribution is 2.43. The highest BCUT2D eigenvalue weighted by molar-refractivity contribution is 7.47. The van der Waals surface area contributed by atoms with E-state index >= 15 is 0 Å². The second-order valence-corrected chi connectivity index (χ2v) is 17.0. The number of nitrogens with two attached hydrogens (primary N) is 1. The van der Waals surface area contributed by atoms with Gasteiger partial charge in [-0.1, -0.05) is 164 Å². The van der Waals surface area contributed by atoms with Crippen molar-refractivity contribution in [3.8, 4) is 0 Å². The number of carbonyl (C=O) groups is 2. The van der Waals surface area contributed by atoms with Crippen molar-refractivity contribution in [3.05, 3.63) is 60.8 Å². The number of aliphatic carboxylic acids is 1. The Labute approximate surface area is 360 Å². The molecule has 59 heavy (non-hydrogen) atoms. The van der Waals surface area contributed by atoms with Gasteiger partial charge < -0.3 is 25.2 Å². The van der Waals surface area contributed by atoms with Crippen LogP contribution in [0.25, 0.3) is 0 Å². The summed E-state index contributed by atoms with van der Waals surface area (Å²) in [7, 11) is -4.63. The Kier molecular flexibility index (Phi) is 42.0. The molecule has 342 valence electrons. The number of hydrogen-bond acceptors (Lipinski definition) is 8. The highest BCUT2D eigenvalue weighted by Gasteiger charge is 2.27. The van der Waals surface area contributed by atoms with E-state index in [1.165, 1.54) is 96.3 Å². The summed E-state index contributed by atoms with van der Waals surface area (Å²) in [5, 5.41) is 8.91. The summed E-state index contributed by atoms with van der Waals surface area (Å²) in [6, 6.07) is -1.48. The summed E-state index contributed by atoms with van der Waals surface area (Å²) in [5.41, 5.74) is 5.36. The molecule has 0 aromatic rings. The number of unbranched alkanes of at least 4 members (excludes halogenated alkanes) is 20. The molecule has 0 fully saturated rings. The van der Waals surface area contributed by atoms with E-state index in [0.717, 1.165) is 70.6 Å². The minimum atomic E-state index is -4.63. The van der Waals surface area contributed by atoms with Crippen LogP contribution in [0.5, 0.6) is 0 Å². The van der Waals surface area contributed by atoms with E-state index in [1.807, 2.05) is 0 Å². The zero-order valence-electron chi connectivity index (χ0n) is 37.3. The second kappa shape index (κ2) is 43.7. The molecule has 3 atom stereocenters. The van der Waals surface area contributed by atoms with E-state index in [4.69, 9.17) is 29.4 Å². The van der Waals surface area contributed by atoms with Crippen LogP contribution in [0.15, 0.2) is 60.8 Å². The fraction of sp³-hybridized carbons (Fsp3) is 0.750. The Morgan fingerprint density at radius 1 is 0.542 bits per heavy atom. The molecule has 0 aliphatic heterocycles. The summed E-state index contributed by atoms with van der Waals surface area (Å²) in [6.45, 7) is 3.80. The summed E-state index contributed by atoms with van der Waals surface area (Å²) in [4.78, 5) is 33.6. The molecule has 0 rings (SSSR count). The SMILES string of the molecule is CCCCC/C=C\C/C=C\C/C=C\CCCCCCCCCOCC(COP(=O)(O)OCC(N)C(=O)O)OC(=O)CCCCCCCCC/C=C\C/C=C\CCCCC. The van der Waals surface area contributed by atoms with Gasteiger partial charge in [-0.05, 0) is 83.5 Å². The lowest BCUT2D eigenvalue weighted by molar-refractivity contribution is -0.154. The average Bonchev–Trinajstić information content (AvgIpc) is 3.21. The zero-order valence-corrected chi connectivity index (χ0v) is 38.2. The third-order valence-electron chi connectivity index (χ3n) is 9.77. The molecular formula is C48H86NO9P. The van der Waals surface area contributed by atoms with Gasteiger partial charge in [-0.25, -0.2) is 4.57 Å². The van der Waals surface area contributed by atoms with Gasteiger partial charge in [-0.3, -0.25) is 18.6 Å². The maximum atomic E-state index is 12.7. The first kappa shape index (κ1) is 56.7. The molecule has 4 N–H and O–H groups in total. The molecule has 0 aromatic carbocycles. The fourth-order valence-electron chi connectivity index (χ4n) is 6.11. The van der Waals surface area contributed by atoms with Crippen LogP contribution in [-0.2, 0) is 32.7 Å². The third-order valence-corrected chi connectivity index (χ3v) is 10.7. The topological polar surface area (TPSA) is 155 Å². The molecular weight excluding hydrogens is 765 g/mol. The van der Waals surface area contributed by atoms with Crippen LogP contribution in [0.1, 0.15) is 194 Å². The second-order valence-electron chi connectivity index (χ2n) is 15.5. The van der Waals surface area contributed by atoms with E-state index in [1.54, 1.807) is 0 Å². The van der Waals surface area contributed by atoms with E-state index in [0.29, 0.717) is 13.0 Å². The Morgan fingerprint density at radius 3 is 1.39 bits per heavy atom. The standard InChI is InChI=1S/C48H86NO9P/c1-3-5-7-9-11-13-15-17-19-21-22-23-25-27-29-31-33-35-37-39-41-55-42-45(43-56-59(53,54)57-44-46(49)48(51)52)58-47(50)40-38-36-34-32-30-28-26-24-20-18-16-14-12-10-8-6-4-2/h11-14,17-20,22-23,45-46H,3-10,15-16,21,24-44,49H2,1-2H3,(H,51,52)(H,53,54)/b13-11-,14-12-,19-17-,20-18-,23-22-. The van der Waals surface area contributed by atoms with Crippen LogP contribution in [0, 0.1) is 0 Å². The van der Waals surface area contributed by atoms with Gasteiger partial charge in [0, 0.05) is 13.0 Å². The summed E-state index contributed by atoms with van der Waals surface area (Å²) in [5.74, 6) is -1.79. The molecule has 0 aliphatic carbocycles. The van der Waals surface area contributed by atoms with Gasteiger partial charge in [-0.2, -0.15) is 0 Å². The quantitative estimate of drug-likeness (QED) is 0.0233. The Balaban J connectivity index is 4.24. The van der Waals surface area contributed by atoms with Gasteiger partial charge in [0.05, 0.1) is 19.8 Å². The van der Waals surface area contributed by atoms with E-state index in [2.05, 4.69) is 74.6 Å². The monoisotopic (exact) mass is 852 g/mol. The first-order valence-corrected chi connectivity index (χ1v) is 24.8. The van der Waals surface area contributed by atoms with Gasteiger partial charge >= 0.3 is 19.8 Å². The number of hydrogen-bond donors (Lipinski definition) is 3. The van der Waals surface area contributed by atoms with Gasteiger partial charge in [0.2, 0.25) is 0 Å². The molecule has 0 saturated carbocycles. The predicted octanol–water partition coefficient (Wildman–Crippen LogP) is 13.2. The number of ether oxygens (including phenoxy) is 2. The summed E-state index contributed by atoms with van der Waals surface area (Å²) >= 11 is 0. The van der Waals surface area contributed by atoms with Crippen molar-refractivity contribution < 1.29 is 42.7 Å². The van der Waals surface area contributed by atoms with Crippen molar-refractivity contribution in [3.63, 3.8) is 0 Å². The minimum absolute atomic E-state index is 0.00476. The molecule has 0 saturated heterocycles. The largest absolute Gasteiger partial charge is 0.480 e. The van der Waals surface area contributed by atoms with Crippen molar-refractivity contribution in [1.82, 2.24) is 0 Å². The number of allylic oxidation sites excluding steroid dienone is 10. The van der Waals surface area contributed by atoms with Crippen LogP contribution in [0.3, 0.4) is 0 Å². The molecule has 11 heteroatoms. The first-order valence-electron chi connectivity index (χ1n) is 23.3. The lowest BCUT2D eigenvalue weighted by atomic mass is 10.1. The van der Waals surface area contributed by atoms with Crippen molar-refractivity contribution in [2.24, 2.45) is 5.73 Å². The van der Waals surface area contributed by atoms with Gasteiger partial charge in [0.25, 0.3) is 0 Å².